The summed E-state index contributed by atoms with van der Waals surface area (Å²) in [6, 6.07) is 12.3. The molecule has 0 aliphatic carbocycles. The standard InChI is InChI=1S/C18H25N5O/c1-13-10-23(11-15-7-5-4-6-8-15)12-16(13)19-18(24)20-17-9-14(2)22(3)21-17/h4-9,13,16H,10-12H2,1-3H3,(H2,19,20,21,24)/t13-,16+/m1/s1. The number of nitrogens with zero attached hydrogens (tertiary/aromatic N) is 3. The van der Waals surface area contributed by atoms with Gasteiger partial charge in [0.25, 0.3) is 0 Å². The summed E-state index contributed by atoms with van der Waals surface area (Å²) >= 11 is 0. The number of benzene rings is 1. The Hall–Kier alpha value is -2.34. The fraction of sp³-hybridized carbons (Fsp3) is 0.444. The van der Waals surface area contributed by atoms with E-state index in [1.165, 1.54) is 5.56 Å². The lowest BCUT2D eigenvalue weighted by Gasteiger charge is -2.17. The molecule has 1 aromatic carbocycles. The summed E-state index contributed by atoms with van der Waals surface area (Å²) in [7, 11) is 1.86. The molecule has 0 bridgehead atoms. The number of rotatable bonds is 4. The average molecular weight is 327 g/mol. The minimum absolute atomic E-state index is 0.151. The molecule has 1 fully saturated rings. The smallest absolute Gasteiger partial charge is 0.320 e. The summed E-state index contributed by atoms with van der Waals surface area (Å²) in [5, 5.41) is 10.1. The second-order valence-corrected chi connectivity index (χ2v) is 6.66. The molecule has 6 heteroatoms. The average Bonchev–Trinajstić information content (AvgIpc) is 3.02. The maximum atomic E-state index is 12.2. The summed E-state index contributed by atoms with van der Waals surface area (Å²) in [6.45, 7) is 6.91. The van der Waals surface area contributed by atoms with Crippen molar-refractivity contribution in [1.29, 1.82) is 0 Å². The molecule has 0 spiro atoms. The Morgan fingerprint density at radius 2 is 2.04 bits per heavy atom. The monoisotopic (exact) mass is 327 g/mol. The third-order valence-electron chi connectivity index (χ3n) is 4.61. The summed E-state index contributed by atoms with van der Waals surface area (Å²) < 4.78 is 1.75. The summed E-state index contributed by atoms with van der Waals surface area (Å²) in [4.78, 5) is 14.6. The number of hydrogen-bond acceptors (Lipinski definition) is 3. The molecule has 0 radical (unpaired) electrons. The Kier molecular flexibility index (Phi) is 4.85. The van der Waals surface area contributed by atoms with Gasteiger partial charge in [0.2, 0.25) is 0 Å². The number of anilines is 1. The van der Waals surface area contributed by atoms with E-state index in [-0.39, 0.29) is 12.1 Å². The van der Waals surface area contributed by atoms with E-state index >= 15 is 0 Å². The number of nitrogens with one attached hydrogen (secondary N) is 2. The number of carbonyl (C=O) groups is 1. The van der Waals surface area contributed by atoms with E-state index in [4.69, 9.17) is 0 Å². The first-order valence-electron chi connectivity index (χ1n) is 8.35. The van der Waals surface area contributed by atoms with Gasteiger partial charge in [-0.3, -0.25) is 14.9 Å². The van der Waals surface area contributed by atoms with Gasteiger partial charge in [0, 0.05) is 44.5 Å². The fourth-order valence-electron chi connectivity index (χ4n) is 3.17. The van der Waals surface area contributed by atoms with Gasteiger partial charge in [-0.15, -0.1) is 0 Å². The Morgan fingerprint density at radius 1 is 1.29 bits per heavy atom. The van der Waals surface area contributed by atoms with E-state index in [1.54, 1.807) is 4.68 Å². The van der Waals surface area contributed by atoms with Crippen molar-refractivity contribution in [3.8, 4) is 0 Å². The van der Waals surface area contributed by atoms with Crippen LogP contribution in [-0.2, 0) is 13.6 Å². The highest BCUT2D eigenvalue weighted by Crippen LogP contribution is 2.19. The quantitative estimate of drug-likeness (QED) is 0.906. The van der Waals surface area contributed by atoms with Crippen LogP contribution in [0.15, 0.2) is 36.4 Å². The van der Waals surface area contributed by atoms with Gasteiger partial charge >= 0.3 is 6.03 Å². The number of carbonyl (C=O) groups excluding carboxylic acids is 1. The number of urea groups is 1. The Labute approximate surface area is 142 Å². The van der Waals surface area contributed by atoms with Crippen molar-refractivity contribution >= 4 is 11.8 Å². The Morgan fingerprint density at radius 3 is 2.71 bits per heavy atom. The van der Waals surface area contributed by atoms with Crippen LogP contribution in [0.4, 0.5) is 10.6 Å². The van der Waals surface area contributed by atoms with Gasteiger partial charge < -0.3 is 5.32 Å². The number of likely N-dealkylation sites (tertiary alicyclic amines) is 1. The van der Waals surface area contributed by atoms with E-state index < -0.39 is 0 Å². The maximum Gasteiger partial charge on any atom is 0.320 e. The Balaban J connectivity index is 1.52. The second-order valence-electron chi connectivity index (χ2n) is 6.66. The summed E-state index contributed by atoms with van der Waals surface area (Å²) in [5.74, 6) is 1.00. The van der Waals surface area contributed by atoms with Crippen molar-refractivity contribution in [3.05, 3.63) is 47.7 Å². The first kappa shape index (κ1) is 16.5. The molecular weight excluding hydrogens is 302 g/mol. The van der Waals surface area contributed by atoms with Crippen molar-refractivity contribution in [1.82, 2.24) is 20.0 Å². The zero-order valence-corrected chi connectivity index (χ0v) is 14.5. The highest BCUT2D eigenvalue weighted by Gasteiger charge is 2.30. The van der Waals surface area contributed by atoms with Gasteiger partial charge in [-0.25, -0.2) is 4.79 Å². The SMILES string of the molecule is Cc1cc(NC(=O)N[C@H]2CN(Cc3ccccc3)C[C@H]2C)nn1C. The van der Waals surface area contributed by atoms with Crippen LogP contribution in [0.5, 0.6) is 0 Å². The molecule has 0 unspecified atom stereocenters. The molecule has 1 aliphatic heterocycles. The van der Waals surface area contributed by atoms with Crippen LogP contribution in [0.25, 0.3) is 0 Å². The first-order chi connectivity index (χ1) is 11.5. The number of amides is 2. The maximum absolute atomic E-state index is 12.2. The van der Waals surface area contributed by atoms with Gasteiger partial charge in [-0.2, -0.15) is 5.10 Å². The zero-order valence-electron chi connectivity index (χ0n) is 14.5. The van der Waals surface area contributed by atoms with E-state index in [2.05, 4.69) is 51.8 Å². The second kappa shape index (κ2) is 7.05. The lowest BCUT2D eigenvalue weighted by molar-refractivity contribution is 0.246. The lowest BCUT2D eigenvalue weighted by Crippen LogP contribution is -2.42. The van der Waals surface area contributed by atoms with Gasteiger partial charge in [-0.05, 0) is 18.4 Å². The van der Waals surface area contributed by atoms with Crippen molar-refractivity contribution in [2.75, 3.05) is 18.4 Å². The van der Waals surface area contributed by atoms with Crippen LogP contribution in [0.1, 0.15) is 18.2 Å². The molecule has 2 aromatic rings. The molecule has 6 nitrogen and oxygen atoms in total. The van der Waals surface area contributed by atoms with E-state index in [9.17, 15) is 4.79 Å². The van der Waals surface area contributed by atoms with Crippen molar-refractivity contribution in [2.45, 2.75) is 26.4 Å². The van der Waals surface area contributed by atoms with Crippen LogP contribution < -0.4 is 10.6 Å². The molecule has 2 heterocycles. The molecule has 2 N–H and O–H groups in total. The molecule has 3 rings (SSSR count). The zero-order chi connectivity index (χ0) is 17.1. The van der Waals surface area contributed by atoms with E-state index in [1.807, 2.05) is 26.1 Å². The predicted octanol–water partition coefficient (Wildman–Crippen LogP) is 2.37. The molecule has 1 saturated heterocycles. The van der Waals surface area contributed by atoms with Crippen LogP contribution in [0, 0.1) is 12.8 Å². The van der Waals surface area contributed by atoms with Gasteiger partial charge in [-0.1, -0.05) is 37.3 Å². The molecule has 2 amide bonds. The molecule has 1 aliphatic rings. The van der Waals surface area contributed by atoms with Crippen molar-refractivity contribution in [3.63, 3.8) is 0 Å². The minimum atomic E-state index is -0.188. The molecule has 1 aromatic heterocycles. The Bertz CT molecular complexity index is 677. The molecule has 0 saturated carbocycles. The molecular formula is C18H25N5O. The normalized spacial score (nSPS) is 21.0. The molecule has 2 atom stereocenters. The lowest BCUT2D eigenvalue weighted by atomic mass is 10.1. The van der Waals surface area contributed by atoms with Gasteiger partial charge in [0.15, 0.2) is 5.82 Å². The largest absolute Gasteiger partial charge is 0.333 e. The first-order valence-corrected chi connectivity index (χ1v) is 8.35. The van der Waals surface area contributed by atoms with Crippen molar-refractivity contribution in [2.24, 2.45) is 13.0 Å². The van der Waals surface area contributed by atoms with E-state index in [0.717, 1.165) is 25.3 Å². The van der Waals surface area contributed by atoms with Crippen LogP contribution in [-0.4, -0.2) is 39.8 Å². The third kappa shape index (κ3) is 3.94. The van der Waals surface area contributed by atoms with Crippen LogP contribution >= 0.6 is 0 Å². The molecule has 24 heavy (non-hydrogen) atoms. The minimum Gasteiger partial charge on any atom is -0.333 e. The fourth-order valence-corrected chi connectivity index (χ4v) is 3.17. The van der Waals surface area contributed by atoms with Gasteiger partial charge in [0.05, 0.1) is 0 Å². The highest BCUT2D eigenvalue weighted by atomic mass is 16.2. The summed E-state index contributed by atoms with van der Waals surface area (Å²) in [5.41, 5.74) is 2.31. The van der Waals surface area contributed by atoms with E-state index in [0.29, 0.717) is 11.7 Å². The van der Waals surface area contributed by atoms with Crippen LogP contribution in [0.3, 0.4) is 0 Å². The van der Waals surface area contributed by atoms with Crippen molar-refractivity contribution < 1.29 is 4.79 Å². The van der Waals surface area contributed by atoms with Crippen LogP contribution in [0.2, 0.25) is 0 Å². The predicted molar refractivity (Wildman–Crippen MR) is 94.8 cm³/mol. The summed E-state index contributed by atoms with van der Waals surface area (Å²) in [6.07, 6.45) is 0. The topological polar surface area (TPSA) is 62.2 Å². The third-order valence-corrected chi connectivity index (χ3v) is 4.61. The molecule has 128 valence electrons. The van der Waals surface area contributed by atoms with Gasteiger partial charge in [0.1, 0.15) is 0 Å². The number of aromatic nitrogens is 2. The number of hydrogen-bond donors (Lipinski definition) is 2. The highest BCUT2D eigenvalue weighted by molar-refractivity contribution is 5.88. The number of aryl methyl sites for hydroxylation is 2.